The standard InChI is InChI=1S/C21H23BrF2NO4PS/c1-4-28-30(26,29-5-2)21(23,24)20-19(22)17-11-14(9-10-18(17)31-20)13-25-15-7-6-8-16(12-15)27-3/h6-12,25H,4-5,13H2,1-3H3. The quantitative estimate of drug-likeness (QED) is 0.272. The highest BCUT2D eigenvalue weighted by molar-refractivity contribution is 9.10. The Hall–Kier alpha value is -1.51. The van der Waals surface area contributed by atoms with E-state index in [4.69, 9.17) is 13.8 Å². The number of benzene rings is 2. The molecule has 0 fully saturated rings. The molecule has 5 nitrogen and oxygen atoms in total. The van der Waals surface area contributed by atoms with E-state index < -0.39 is 13.3 Å². The maximum Gasteiger partial charge on any atom is 0.405 e. The number of rotatable bonds is 10. The Morgan fingerprint density at radius 2 is 1.84 bits per heavy atom. The van der Waals surface area contributed by atoms with Crippen molar-refractivity contribution in [2.75, 3.05) is 25.6 Å². The van der Waals surface area contributed by atoms with Crippen LogP contribution in [0.1, 0.15) is 24.3 Å². The highest BCUT2D eigenvalue weighted by Gasteiger charge is 2.57. The van der Waals surface area contributed by atoms with E-state index in [-0.39, 0.29) is 22.6 Å². The van der Waals surface area contributed by atoms with Crippen LogP contribution < -0.4 is 10.1 Å². The lowest BCUT2D eigenvalue weighted by atomic mass is 10.1. The van der Waals surface area contributed by atoms with E-state index in [0.717, 1.165) is 28.3 Å². The molecule has 0 spiro atoms. The van der Waals surface area contributed by atoms with E-state index >= 15 is 8.78 Å². The number of halogens is 3. The summed E-state index contributed by atoms with van der Waals surface area (Å²) in [5, 5.41) is 3.90. The lowest BCUT2D eigenvalue weighted by molar-refractivity contribution is 0.0387. The van der Waals surface area contributed by atoms with E-state index in [1.165, 1.54) is 13.8 Å². The van der Waals surface area contributed by atoms with Crippen LogP contribution in [0.5, 0.6) is 5.75 Å². The summed E-state index contributed by atoms with van der Waals surface area (Å²) in [5.41, 5.74) is -1.99. The van der Waals surface area contributed by atoms with Crippen LogP contribution in [0, 0.1) is 0 Å². The molecule has 1 aromatic heterocycles. The molecule has 3 rings (SSSR count). The van der Waals surface area contributed by atoms with Crippen LogP contribution in [0.3, 0.4) is 0 Å². The Labute approximate surface area is 192 Å². The van der Waals surface area contributed by atoms with Gasteiger partial charge in [0.25, 0.3) is 0 Å². The summed E-state index contributed by atoms with van der Waals surface area (Å²) in [6.45, 7) is 3.21. The van der Waals surface area contributed by atoms with Gasteiger partial charge in [-0.25, -0.2) is 0 Å². The molecule has 0 atom stereocenters. The molecule has 1 heterocycles. The van der Waals surface area contributed by atoms with Gasteiger partial charge in [0, 0.05) is 32.9 Å². The average molecular weight is 534 g/mol. The molecular weight excluding hydrogens is 511 g/mol. The molecule has 0 saturated carbocycles. The van der Waals surface area contributed by atoms with Gasteiger partial charge in [0.15, 0.2) is 0 Å². The molecular formula is C21H23BrF2NO4PS. The van der Waals surface area contributed by atoms with E-state index in [1.807, 2.05) is 36.4 Å². The number of alkyl halides is 2. The molecule has 1 N–H and O–H groups in total. The highest BCUT2D eigenvalue weighted by atomic mass is 79.9. The third-order valence-corrected chi connectivity index (χ3v) is 9.06. The Morgan fingerprint density at radius 1 is 1.13 bits per heavy atom. The molecule has 10 heteroatoms. The van der Waals surface area contributed by atoms with Crippen LogP contribution in [0.15, 0.2) is 46.9 Å². The minimum Gasteiger partial charge on any atom is -0.497 e. The van der Waals surface area contributed by atoms with Crippen LogP contribution in [-0.4, -0.2) is 20.3 Å². The second-order valence-electron chi connectivity index (χ2n) is 6.54. The number of hydrogen-bond acceptors (Lipinski definition) is 6. The summed E-state index contributed by atoms with van der Waals surface area (Å²) in [5.74, 6) is 0.737. The number of fused-ring (bicyclic) bond motifs is 1. The Bertz CT molecular complexity index is 1100. The maximum absolute atomic E-state index is 15.3. The zero-order chi connectivity index (χ0) is 22.6. The molecule has 31 heavy (non-hydrogen) atoms. The summed E-state index contributed by atoms with van der Waals surface area (Å²) >= 11 is 4.16. The van der Waals surface area contributed by atoms with Gasteiger partial charge in [0.2, 0.25) is 0 Å². The van der Waals surface area contributed by atoms with Crippen molar-refractivity contribution in [2.45, 2.75) is 26.1 Å². The molecule has 3 aromatic rings. The van der Waals surface area contributed by atoms with Gasteiger partial charge in [0.1, 0.15) is 10.6 Å². The van der Waals surface area contributed by atoms with Gasteiger partial charge in [-0.3, -0.25) is 4.57 Å². The van der Waals surface area contributed by atoms with Crippen molar-refractivity contribution < 1.29 is 27.1 Å². The number of nitrogens with one attached hydrogen (secondary N) is 1. The molecule has 0 bridgehead atoms. The monoisotopic (exact) mass is 533 g/mol. The van der Waals surface area contributed by atoms with Gasteiger partial charge >= 0.3 is 13.3 Å². The zero-order valence-corrected chi connectivity index (χ0v) is 20.6. The zero-order valence-electron chi connectivity index (χ0n) is 17.3. The van der Waals surface area contributed by atoms with Gasteiger partial charge in [-0.2, -0.15) is 8.78 Å². The summed E-state index contributed by atoms with van der Waals surface area (Å²) in [6, 6.07) is 13.0. The third kappa shape index (κ3) is 4.96. The van der Waals surface area contributed by atoms with Crippen molar-refractivity contribution >= 4 is 50.6 Å². The molecule has 0 amide bonds. The summed E-state index contributed by atoms with van der Waals surface area (Å²) in [4.78, 5) is -0.370. The van der Waals surface area contributed by atoms with Gasteiger partial charge in [-0.1, -0.05) is 12.1 Å². The van der Waals surface area contributed by atoms with E-state index in [0.29, 0.717) is 16.6 Å². The number of ether oxygens (including phenoxy) is 1. The van der Waals surface area contributed by atoms with E-state index in [1.54, 1.807) is 13.2 Å². The van der Waals surface area contributed by atoms with Gasteiger partial charge < -0.3 is 19.1 Å². The lowest BCUT2D eigenvalue weighted by Gasteiger charge is -2.25. The van der Waals surface area contributed by atoms with Crippen LogP contribution in [0.4, 0.5) is 14.5 Å². The van der Waals surface area contributed by atoms with Crippen molar-refractivity contribution in [1.29, 1.82) is 0 Å². The Balaban J connectivity index is 1.91. The van der Waals surface area contributed by atoms with Crippen LogP contribution in [-0.2, 0) is 25.8 Å². The van der Waals surface area contributed by atoms with Crippen molar-refractivity contribution in [3.05, 3.63) is 57.4 Å². The van der Waals surface area contributed by atoms with Crippen LogP contribution in [0.25, 0.3) is 10.1 Å². The highest BCUT2D eigenvalue weighted by Crippen LogP contribution is 2.69. The van der Waals surface area contributed by atoms with Gasteiger partial charge in [-0.15, -0.1) is 11.3 Å². The first-order valence-electron chi connectivity index (χ1n) is 9.62. The maximum atomic E-state index is 15.3. The minimum atomic E-state index is -4.68. The second-order valence-corrected chi connectivity index (χ2v) is 10.5. The first-order chi connectivity index (χ1) is 14.8. The molecule has 2 aromatic carbocycles. The topological polar surface area (TPSA) is 56.8 Å². The van der Waals surface area contributed by atoms with Crippen molar-refractivity contribution in [3.8, 4) is 5.75 Å². The predicted octanol–water partition coefficient (Wildman–Crippen LogP) is 7.60. The normalized spacial score (nSPS) is 12.3. The Kier molecular flexibility index (Phi) is 7.76. The molecule has 0 aliphatic rings. The predicted molar refractivity (Wildman–Crippen MR) is 125 cm³/mol. The SMILES string of the molecule is CCOP(=O)(OCC)C(F)(F)c1sc2ccc(CNc3cccc(OC)c3)cc2c1Br. The van der Waals surface area contributed by atoms with Gasteiger partial charge in [-0.05, 0) is 59.6 Å². The smallest absolute Gasteiger partial charge is 0.405 e. The number of thiophene rings is 1. The lowest BCUT2D eigenvalue weighted by Crippen LogP contribution is -2.17. The second kappa shape index (κ2) is 9.96. The Morgan fingerprint density at radius 3 is 2.48 bits per heavy atom. The average Bonchev–Trinajstić information content (AvgIpc) is 3.09. The first kappa shape index (κ1) is 24.1. The van der Waals surface area contributed by atoms with E-state index in [9.17, 15) is 4.57 Å². The molecule has 0 aliphatic heterocycles. The molecule has 0 saturated heterocycles. The van der Waals surface area contributed by atoms with Crippen LogP contribution >= 0.6 is 34.9 Å². The van der Waals surface area contributed by atoms with Crippen molar-refractivity contribution in [3.63, 3.8) is 0 Å². The summed E-state index contributed by atoms with van der Waals surface area (Å²) < 4.78 is 59.2. The fourth-order valence-electron chi connectivity index (χ4n) is 3.02. The van der Waals surface area contributed by atoms with Crippen molar-refractivity contribution in [1.82, 2.24) is 0 Å². The minimum absolute atomic E-state index is 0.143. The van der Waals surface area contributed by atoms with Gasteiger partial charge in [0.05, 0.1) is 20.3 Å². The van der Waals surface area contributed by atoms with Crippen molar-refractivity contribution in [2.24, 2.45) is 0 Å². The molecule has 0 aliphatic carbocycles. The molecule has 0 unspecified atom stereocenters. The largest absolute Gasteiger partial charge is 0.497 e. The number of hydrogen-bond donors (Lipinski definition) is 1. The number of methoxy groups -OCH3 is 1. The third-order valence-electron chi connectivity index (χ3n) is 4.47. The van der Waals surface area contributed by atoms with E-state index in [2.05, 4.69) is 21.2 Å². The molecule has 0 radical (unpaired) electrons. The summed E-state index contributed by atoms with van der Waals surface area (Å²) in [7, 11) is -3.07. The summed E-state index contributed by atoms with van der Waals surface area (Å²) in [6.07, 6.45) is 0. The fourth-order valence-corrected chi connectivity index (χ4v) is 6.98. The van der Waals surface area contributed by atoms with Crippen LogP contribution in [0.2, 0.25) is 0 Å². The number of anilines is 1. The molecule has 168 valence electrons. The fraction of sp³-hybridized carbons (Fsp3) is 0.333. The first-order valence-corrected chi connectivity index (χ1v) is 12.8.